The molecule has 1 amide bonds. The summed E-state index contributed by atoms with van der Waals surface area (Å²) in [6, 6.07) is 4.85. The van der Waals surface area contributed by atoms with Gasteiger partial charge in [-0.15, -0.1) is 0 Å². The monoisotopic (exact) mass is 242 g/mol. The molecule has 0 aromatic heterocycles. The van der Waals surface area contributed by atoms with Gasteiger partial charge in [-0.2, -0.15) is 0 Å². The Morgan fingerprint density at radius 2 is 2.06 bits per heavy atom. The maximum atomic E-state index is 10.9. The van der Waals surface area contributed by atoms with Crippen molar-refractivity contribution in [3.63, 3.8) is 0 Å². The molecule has 0 aliphatic carbocycles. The number of benzene rings is 1. The van der Waals surface area contributed by atoms with E-state index in [2.05, 4.69) is 0 Å². The van der Waals surface area contributed by atoms with Crippen molar-refractivity contribution in [1.29, 1.82) is 0 Å². The first-order chi connectivity index (χ1) is 7.41. The number of halogens is 1. The van der Waals surface area contributed by atoms with Crippen molar-refractivity contribution in [2.75, 3.05) is 0 Å². The summed E-state index contributed by atoms with van der Waals surface area (Å²) in [5, 5.41) is 0.575. The standard InChI is InChI=1S/C11H15ClN2O2/c1-6(13)9-5-8(12)3-4-10(9)16-7(2)11(14)15/h3-7H,13H2,1-2H3,(H2,14,15). The predicted octanol–water partition coefficient (Wildman–Crippen LogP) is 1.61. The summed E-state index contributed by atoms with van der Waals surface area (Å²) in [4.78, 5) is 10.9. The molecule has 0 aliphatic rings. The minimum atomic E-state index is -0.696. The Morgan fingerprint density at radius 1 is 1.44 bits per heavy atom. The third-order valence-electron chi connectivity index (χ3n) is 2.17. The first-order valence-electron chi connectivity index (χ1n) is 4.93. The van der Waals surface area contributed by atoms with Gasteiger partial charge in [0.1, 0.15) is 5.75 Å². The minimum absolute atomic E-state index is 0.228. The minimum Gasteiger partial charge on any atom is -0.481 e. The summed E-state index contributed by atoms with van der Waals surface area (Å²) >= 11 is 5.86. The van der Waals surface area contributed by atoms with Crippen LogP contribution < -0.4 is 16.2 Å². The van der Waals surface area contributed by atoms with E-state index < -0.39 is 12.0 Å². The zero-order chi connectivity index (χ0) is 12.3. The van der Waals surface area contributed by atoms with Crippen molar-refractivity contribution < 1.29 is 9.53 Å². The van der Waals surface area contributed by atoms with Crippen LogP contribution in [0.25, 0.3) is 0 Å². The van der Waals surface area contributed by atoms with Crippen LogP contribution in [0.3, 0.4) is 0 Å². The lowest BCUT2D eigenvalue weighted by atomic mass is 10.1. The quantitative estimate of drug-likeness (QED) is 0.842. The summed E-state index contributed by atoms with van der Waals surface area (Å²) in [6.07, 6.45) is -0.696. The lowest BCUT2D eigenvalue weighted by molar-refractivity contribution is -0.124. The van der Waals surface area contributed by atoms with Gasteiger partial charge in [0.15, 0.2) is 6.10 Å². The second-order valence-corrected chi connectivity index (χ2v) is 4.07. The highest BCUT2D eigenvalue weighted by Gasteiger charge is 2.15. The predicted molar refractivity (Wildman–Crippen MR) is 63.3 cm³/mol. The van der Waals surface area contributed by atoms with E-state index in [1.165, 1.54) is 0 Å². The molecular weight excluding hydrogens is 228 g/mol. The molecule has 1 aromatic rings. The Labute approximate surface area is 99.5 Å². The van der Waals surface area contributed by atoms with Crippen LogP contribution in [-0.4, -0.2) is 12.0 Å². The molecule has 4 N–H and O–H groups in total. The molecule has 4 nitrogen and oxygen atoms in total. The number of hydrogen-bond acceptors (Lipinski definition) is 3. The van der Waals surface area contributed by atoms with Crippen LogP contribution in [0.1, 0.15) is 25.5 Å². The highest BCUT2D eigenvalue weighted by atomic mass is 35.5. The third kappa shape index (κ3) is 3.12. The SMILES string of the molecule is CC(Oc1ccc(Cl)cc1C(C)N)C(N)=O. The van der Waals surface area contributed by atoms with E-state index in [0.29, 0.717) is 10.8 Å². The Hall–Kier alpha value is -1.26. The van der Waals surface area contributed by atoms with Gasteiger partial charge in [0.2, 0.25) is 0 Å². The molecule has 0 bridgehead atoms. The first-order valence-corrected chi connectivity index (χ1v) is 5.30. The van der Waals surface area contributed by atoms with Gasteiger partial charge < -0.3 is 16.2 Å². The van der Waals surface area contributed by atoms with Crippen LogP contribution in [0.15, 0.2) is 18.2 Å². The largest absolute Gasteiger partial charge is 0.481 e. The molecule has 1 rings (SSSR count). The van der Waals surface area contributed by atoms with Crippen LogP contribution in [-0.2, 0) is 4.79 Å². The van der Waals surface area contributed by atoms with E-state index in [1.807, 2.05) is 6.92 Å². The van der Waals surface area contributed by atoms with Crippen LogP contribution in [0.4, 0.5) is 0 Å². The molecule has 2 atom stereocenters. The number of ether oxygens (including phenoxy) is 1. The third-order valence-corrected chi connectivity index (χ3v) is 2.40. The van der Waals surface area contributed by atoms with Gasteiger partial charge in [-0.05, 0) is 32.0 Å². The van der Waals surface area contributed by atoms with Crippen molar-refractivity contribution in [3.8, 4) is 5.75 Å². The smallest absolute Gasteiger partial charge is 0.258 e. The summed E-state index contributed by atoms with van der Waals surface area (Å²) in [5.41, 5.74) is 11.6. The Bertz CT molecular complexity index is 394. The molecule has 0 saturated heterocycles. The zero-order valence-corrected chi connectivity index (χ0v) is 9.99. The number of amides is 1. The molecule has 0 aliphatic heterocycles. The highest BCUT2D eigenvalue weighted by Crippen LogP contribution is 2.27. The molecule has 0 radical (unpaired) electrons. The van der Waals surface area contributed by atoms with E-state index >= 15 is 0 Å². The average molecular weight is 243 g/mol. The molecule has 0 saturated carbocycles. The van der Waals surface area contributed by atoms with E-state index in [-0.39, 0.29) is 6.04 Å². The van der Waals surface area contributed by atoms with Crippen LogP contribution >= 0.6 is 11.6 Å². The van der Waals surface area contributed by atoms with E-state index in [4.69, 9.17) is 27.8 Å². The van der Waals surface area contributed by atoms with Crippen LogP contribution in [0.5, 0.6) is 5.75 Å². The lowest BCUT2D eigenvalue weighted by Gasteiger charge is -2.17. The second kappa shape index (κ2) is 5.18. The van der Waals surface area contributed by atoms with Crippen molar-refractivity contribution in [3.05, 3.63) is 28.8 Å². The van der Waals surface area contributed by atoms with Crippen molar-refractivity contribution in [2.45, 2.75) is 26.0 Å². The summed E-state index contributed by atoms with van der Waals surface area (Å²) in [7, 11) is 0. The summed E-state index contributed by atoms with van der Waals surface area (Å²) in [6.45, 7) is 3.40. The first kappa shape index (κ1) is 12.8. The number of carbonyl (C=O) groups is 1. The van der Waals surface area contributed by atoms with E-state index in [9.17, 15) is 4.79 Å². The lowest BCUT2D eigenvalue weighted by Crippen LogP contribution is -2.31. The van der Waals surface area contributed by atoms with Gasteiger partial charge in [-0.1, -0.05) is 11.6 Å². The molecule has 0 spiro atoms. The second-order valence-electron chi connectivity index (χ2n) is 3.63. The molecule has 2 unspecified atom stereocenters. The van der Waals surface area contributed by atoms with Gasteiger partial charge in [0.05, 0.1) is 0 Å². The number of carbonyl (C=O) groups excluding carboxylic acids is 1. The van der Waals surface area contributed by atoms with Gasteiger partial charge in [-0.25, -0.2) is 0 Å². The molecule has 88 valence electrons. The van der Waals surface area contributed by atoms with Gasteiger partial charge in [0, 0.05) is 16.6 Å². The van der Waals surface area contributed by atoms with Crippen molar-refractivity contribution in [1.82, 2.24) is 0 Å². The molecule has 0 fully saturated rings. The van der Waals surface area contributed by atoms with E-state index in [0.717, 1.165) is 5.56 Å². The summed E-state index contributed by atoms with van der Waals surface area (Å²) in [5.74, 6) is 0.0104. The Balaban J connectivity index is 2.99. The van der Waals surface area contributed by atoms with Crippen LogP contribution in [0, 0.1) is 0 Å². The fraction of sp³-hybridized carbons (Fsp3) is 0.364. The van der Waals surface area contributed by atoms with Gasteiger partial charge in [0.25, 0.3) is 5.91 Å². The molecule has 1 aromatic carbocycles. The normalized spacial score (nSPS) is 14.2. The van der Waals surface area contributed by atoms with Gasteiger partial charge >= 0.3 is 0 Å². The fourth-order valence-corrected chi connectivity index (χ4v) is 1.41. The van der Waals surface area contributed by atoms with Crippen LogP contribution in [0.2, 0.25) is 5.02 Å². The molecule has 16 heavy (non-hydrogen) atoms. The van der Waals surface area contributed by atoms with Gasteiger partial charge in [-0.3, -0.25) is 4.79 Å². The molecular formula is C11H15ClN2O2. The molecule has 0 heterocycles. The zero-order valence-electron chi connectivity index (χ0n) is 9.24. The number of primary amides is 1. The molecule has 5 heteroatoms. The number of nitrogens with two attached hydrogens (primary N) is 2. The number of rotatable bonds is 4. The van der Waals surface area contributed by atoms with E-state index in [1.54, 1.807) is 25.1 Å². The Kier molecular flexibility index (Phi) is 4.15. The maximum absolute atomic E-state index is 10.9. The summed E-state index contributed by atoms with van der Waals surface area (Å²) < 4.78 is 5.41. The number of hydrogen-bond donors (Lipinski definition) is 2. The Morgan fingerprint density at radius 3 is 2.56 bits per heavy atom. The van der Waals surface area contributed by atoms with Crippen molar-refractivity contribution >= 4 is 17.5 Å². The average Bonchev–Trinajstić information content (AvgIpc) is 2.20. The van der Waals surface area contributed by atoms with Crippen molar-refractivity contribution in [2.24, 2.45) is 11.5 Å². The maximum Gasteiger partial charge on any atom is 0.258 e. The topological polar surface area (TPSA) is 78.3 Å². The fourth-order valence-electron chi connectivity index (χ4n) is 1.23. The highest BCUT2D eigenvalue weighted by molar-refractivity contribution is 6.30.